The van der Waals surface area contributed by atoms with Gasteiger partial charge in [0, 0.05) is 29.4 Å². The number of nitrogens with one attached hydrogen (secondary N) is 2. The maximum absolute atomic E-state index is 11.4. The molecule has 1 aromatic carbocycles. The van der Waals surface area contributed by atoms with Gasteiger partial charge in [-0.1, -0.05) is 18.2 Å². The van der Waals surface area contributed by atoms with Crippen LogP contribution < -0.4 is 5.32 Å². The van der Waals surface area contributed by atoms with E-state index in [0.29, 0.717) is 23.4 Å². The summed E-state index contributed by atoms with van der Waals surface area (Å²) in [6.07, 6.45) is 3.70. The Kier molecular flexibility index (Phi) is 3.04. The average molecular weight is 307 g/mol. The van der Waals surface area contributed by atoms with Crippen molar-refractivity contribution in [3.05, 3.63) is 59.7 Å². The summed E-state index contributed by atoms with van der Waals surface area (Å²) in [5.74, 6) is -1.02. The number of rotatable bonds is 3. The van der Waals surface area contributed by atoms with E-state index in [-0.39, 0.29) is 11.7 Å². The number of aromatic carboxylic acids is 1. The van der Waals surface area contributed by atoms with E-state index in [9.17, 15) is 9.90 Å². The van der Waals surface area contributed by atoms with Crippen molar-refractivity contribution in [2.24, 2.45) is 0 Å². The standard InChI is InChI=1S/C16H13N5O2/c22-16(23)15-10-6-12(19-9-4-2-1-3-5-9)11-7-17-8-18-13(11)14(10)20-21-15/h1-5,7-8,12,19H,6H2,(H,20,21)(H,22,23). The van der Waals surface area contributed by atoms with Crippen LogP contribution >= 0.6 is 0 Å². The molecule has 0 aliphatic heterocycles. The van der Waals surface area contributed by atoms with Crippen LogP contribution in [0.4, 0.5) is 5.69 Å². The van der Waals surface area contributed by atoms with Gasteiger partial charge in [0.15, 0.2) is 0 Å². The molecule has 0 saturated heterocycles. The molecule has 3 aromatic rings. The van der Waals surface area contributed by atoms with Gasteiger partial charge in [0.05, 0.1) is 11.7 Å². The first-order valence-corrected chi connectivity index (χ1v) is 7.16. The van der Waals surface area contributed by atoms with Crippen molar-refractivity contribution >= 4 is 11.7 Å². The van der Waals surface area contributed by atoms with Crippen LogP contribution in [0.2, 0.25) is 0 Å². The Hall–Kier alpha value is -3.22. The molecular formula is C16H13N5O2. The van der Waals surface area contributed by atoms with Gasteiger partial charge in [-0.05, 0) is 12.1 Å². The summed E-state index contributed by atoms with van der Waals surface area (Å²) in [4.78, 5) is 19.8. The van der Waals surface area contributed by atoms with Gasteiger partial charge < -0.3 is 10.4 Å². The van der Waals surface area contributed by atoms with E-state index < -0.39 is 5.97 Å². The first kappa shape index (κ1) is 13.4. The van der Waals surface area contributed by atoms with Crippen molar-refractivity contribution in [2.45, 2.75) is 12.5 Å². The van der Waals surface area contributed by atoms with E-state index in [1.807, 2.05) is 30.3 Å². The average Bonchev–Trinajstić information content (AvgIpc) is 3.00. The molecule has 0 fully saturated rings. The van der Waals surface area contributed by atoms with Crippen LogP contribution in [0.1, 0.15) is 27.7 Å². The third-order valence-electron chi connectivity index (χ3n) is 3.94. The van der Waals surface area contributed by atoms with Gasteiger partial charge in [-0.2, -0.15) is 5.10 Å². The normalized spacial score (nSPS) is 15.6. The fraction of sp³-hybridized carbons (Fsp3) is 0.125. The highest BCUT2D eigenvalue weighted by Gasteiger charge is 2.32. The highest BCUT2D eigenvalue weighted by atomic mass is 16.4. The fourth-order valence-corrected chi connectivity index (χ4v) is 2.91. The van der Waals surface area contributed by atoms with E-state index in [2.05, 4.69) is 25.5 Å². The SMILES string of the molecule is O=C(O)c1[nH]nc2c1CC(Nc1ccccc1)c1cncnc1-2. The van der Waals surface area contributed by atoms with Crippen LogP contribution in [-0.2, 0) is 6.42 Å². The van der Waals surface area contributed by atoms with Crippen molar-refractivity contribution < 1.29 is 9.90 Å². The number of anilines is 1. The lowest BCUT2D eigenvalue weighted by Gasteiger charge is -2.25. The molecular weight excluding hydrogens is 294 g/mol. The van der Waals surface area contributed by atoms with Gasteiger partial charge in [0.2, 0.25) is 0 Å². The van der Waals surface area contributed by atoms with Crippen LogP contribution in [0, 0.1) is 0 Å². The molecule has 0 spiro atoms. The molecule has 7 nitrogen and oxygen atoms in total. The molecule has 0 bridgehead atoms. The molecule has 1 aliphatic rings. The number of H-pyrrole nitrogens is 1. The van der Waals surface area contributed by atoms with E-state index in [1.165, 1.54) is 6.33 Å². The molecule has 7 heteroatoms. The molecule has 1 atom stereocenters. The number of carboxylic acids is 1. The van der Waals surface area contributed by atoms with Crippen molar-refractivity contribution in [1.82, 2.24) is 20.2 Å². The number of hydrogen-bond acceptors (Lipinski definition) is 5. The fourth-order valence-electron chi connectivity index (χ4n) is 2.91. The molecule has 0 saturated carbocycles. The van der Waals surface area contributed by atoms with E-state index in [4.69, 9.17) is 0 Å². The number of aromatic nitrogens is 4. The monoisotopic (exact) mass is 307 g/mol. The van der Waals surface area contributed by atoms with E-state index in [0.717, 1.165) is 11.3 Å². The van der Waals surface area contributed by atoms with Gasteiger partial charge >= 0.3 is 5.97 Å². The predicted molar refractivity (Wildman–Crippen MR) is 83.1 cm³/mol. The lowest BCUT2D eigenvalue weighted by molar-refractivity contribution is 0.0689. The molecule has 1 aliphatic carbocycles. The summed E-state index contributed by atoms with van der Waals surface area (Å²) < 4.78 is 0. The third-order valence-corrected chi connectivity index (χ3v) is 3.94. The molecule has 23 heavy (non-hydrogen) atoms. The molecule has 114 valence electrons. The van der Waals surface area contributed by atoms with Gasteiger partial charge in [-0.15, -0.1) is 0 Å². The zero-order valence-electron chi connectivity index (χ0n) is 12.0. The number of aromatic amines is 1. The summed E-state index contributed by atoms with van der Waals surface area (Å²) in [6, 6.07) is 9.65. The van der Waals surface area contributed by atoms with Gasteiger partial charge in [0.25, 0.3) is 0 Å². The molecule has 2 heterocycles. The number of carboxylic acid groups (broad SMARTS) is 1. The summed E-state index contributed by atoms with van der Waals surface area (Å²) in [7, 11) is 0. The highest BCUT2D eigenvalue weighted by Crippen LogP contribution is 2.38. The number of benzene rings is 1. The molecule has 2 aromatic heterocycles. The lowest BCUT2D eigenvalue weighted by Crippen LogP contribution is -2.20. The minimum Gasteiger partial charge on any atom is -0.477 e. The van der Waals surface area contributed by atoms with Crippen LogP contribution in [0.15, 0.2) is 42.9 Å². The maximum atomic E-state index is 11.4. The maximum Gasteiger partial charge on any atom is 0.354 e. The first-order valence-electron chi connectivity index (χ1n) is 7.16. The second-order valence-corrected chi connectivity index (χ2v) is 5.32. The zero-order valence-corrected chi connectivity index (χ0v) is 12.0. The topological polar surface area (TPSA) is 104 Å². The number of nitrogens with zero attached hydrogens (tertiary/aromatic N) is 3. The Morgan fingerprint density at radius 1 is 1.26 bits per heavy atom. The smallest absolute Gasteiger partial charge is 0.354 e. The molecule has 1 unspecified atom stereocenters. The Bertz CT molecular complexity index is 875. The Balaban J connectivity index is 1.80. The lowest BCUT2D eigenvalue weighted by atomic mass is 9.89. The summed E-state index contributed by atoms with van der Waals surface area (Å²) in [5, 5.41) is 19.5. The summed E-state index contributed by atoms with van der Waals surface area (Å²) >= 11 is 0. The van der Waals surface area contributed by atoms with E-state index in [1.54, 1.807) is 6.20 Å². The van der Waals surface area contributed by atoms with E-state index >= 15 is 0 Å². The molecule has 0 amide bonds. The minimum absolute atomic E-state index is 0.114. The van der Waals surface area contributed by atoms with Crippen LogP contribution in [0.5, 0.6) is 0 Å². The Morgan fingerprint density at radius 3 is 2.87 bits per heavy atom. The minimum atomic E-state index is -1.02. The number of hydrogen-bond donors (Lipinski definition) is 3. The van der Waals surface area contributed by atoms with Crippen molar-refractivity contribution in [3.8, 4) is 11.4 Å². The molecule has 3 N–H and O–H groups in total. The van der Waals surface area contributed by atoms with Gasteiger partial charge in [-0.25, -0.2) is 14.8 Å². The van der Waals surface area contributed by atoms with Crippen molar-refractivity contribution in [2.75, 3.05) is 5.32 Å². The Labute approximate surface area is 131 Å². The number of para-hydroxylation sites is 1. The first-order chi connectivity index (χ1) is 11.2. The number of carbonyl (C=O) groups is 1. The third kappa shape index (κ3) is 2.22. The second kappa shape index (κ2) is 5.20. The summed E-state index contributed by atoms with van der Waals surface area (Å²) in [5.41, 5.74) is 3.90. The molecule has 4 rings (SSSR count). The van der Waals surface area contributed by atoms with Gasteiger partial charge in [-0.3, -0.25) is 5.10 Å². The molecule has 0 radical (unpaired) electrons. The Morgan fingerprint density at radius 2 is 2.09 bits per heavy atom. The quantitative estimate of drug-likeness (QED) is 0.686. The van der Waals surface area contributed by atoms with Crippen LogP contribution in [-0.4, -0.2) is 31.2 Å². The van der Waals surface area contributed by atoms with Crippen molar-refractivity contribution in [1.29, 1.82) is 0 Å². The van der Waals surface area contributed by atoms with Gasteiger partial charge in [0.1, 0.15) is 17.7 Å². The predicted octanol–water partition coefficient (Wildman–Crippen LogP) is 2.27. The van der Waals surface area contributed by atoms with Crippen molar-refractivity contribution in [3.63, 3.8) is 0 Å². The number of fused-ring (bicyclic) bond motifs is 3. The van der Waals surface area contributed by atoms with Crippen LogP contribution in [0.25, 0.3) is 11.4 Å². The van der Waals surface area contributed by atoms with Crippen LogP contribution in [0.3, 0.4) is 0 Å². The largest absolute Gasteiger partial charge is 0.477 e. The highest BCUT2D eigenvalue weighted by molar-refractivity contribution is 5.90. The summed E-state index contributed by atoms with van der Waals surface area (Å²) in [6.45, 7) is 0. The zero-order chi connectivity index (χ0) is 15.8. The second-order valence-electron chi connectivity index (χ2n) is 5.32.